The highest BCUT2D eigenvalue weighted by atomic mass is 35.5. The van der Waals surface area contributed by atoms with Gasteiger partial charge in [-0.2, -0.15) is 0 Å². The van der Waals surface area contributed by atoms with Crippen molar-refractivity contribution in [2.75, 3.05) is 7.05 Å². The normalized spacial score (nSPS) is 13.2. The molecule has 0 spiro atoms. The van der Waals surface area contributed by atoms with Gasteiger partial charge in [0.05, 0.1) is 23.4 Å². The average Bonchev–Trinajstić information content (AvgIpc) is 2.81. The van der Waals surface area contributed by atoms with Crippen LogP contribution in [0.1, 0.15) is 50.6 Å². The van der Waals surface area contributed by atoms with Crippen LogP contribution < -0.4 is 0 Å². The zero-order valence-corrected chi connectivity index (χ0v) is 23.1. The molecule has 0 saturated carbocycles. The molecule has 0 amide bonds. The topological polar surface area (TPSA) is 62.7 Å². The fourth-order valence-electron chi connectivity index (χ4n) is 4.34. The van der Waals surface area contributed by atoms with E-state index in [2.05, 4.69) is 11.5 Å². The zero-order valence-electron chi connectivity index (χ0n) is 22.4. The van der Waals surface area contributed by atoms with Gasteiger partial charge in [0.25, 0.3) is 0 Å². The lowest BCUT2D eigenvalue weighted by Crippen LogP contribution is -2.28. The molecule has 0 aliphatic rings. The second-order valence-electron chi connectivity index (χ2n) is 9.99. The van der Waals surface area contributed by atoms with Crippen LogP contribution in [0.25, 0.3) is 22.0 Å². The van der Waals surface area contributed by atoms with E-state index in [1.54, 1.807) is 18.2 Å². The first-order valence-electron chi connectivity index (χ1n) is 12.2. The number of fused-ring (bicyclic) bond motifs is 1. The lowest BCUT2D eigenvalue weighted by Gasteiger charge is -2.28. The highest BCUT2D eigenvalue weighted by molar-refractivity contribution is 6.30. The van der Waals surface area contributed by atoms with Gasteiger partial charge < -0.3 is 14.7 Å². The summed E-state index contributed by atoms with van der Waals surface area (Å²) in [7, 11) is 2.01. The van der Waals surface area contributed by atoms with E-state index in [0.717, 1.165) is 39.0 Å². The Morgan fingerprint density at radius 1 is 1.22 bits per heavy atom. The maximum Gasteiger partial charge on any atom is 0.337 e. The summed E-state index contributed by atoms with van der Waals surface area (Å²) in [5.41, 5.74) is 5.11. The van der Waals surface area contributed by atoms with Crippen molar-refractivity contribution in [2.45, 2.75) is 52.9 Å². The van der Waals surface area contributed by atoms with Gasteiger partial charge in [0.2, 0.25) is 0 Å². The predicted molar refractivity (Wildman–Crippen MR) is 153 cm³/mol. The molecule has 1 atom stereocenters. The van der Waals surface area contributed by atoms with E-state index in [9.17, 15) is 9.90 Å². The number of benzene rings is 2. The molecule has 37 heavy (non-hydrogen) atoms. The van der Waals surface area contributed by atoms with E-state index >= 15 is 0 Å². The number of aliphatic carboxylic acids is 1. The molecule has 0 aliphatic heterocycles. The van der Waals surface area contributed by atoms with Gasteiger partial charge in [-0.3, -0.25) is 4.98 Å². The second kappa shape index (κ2) is 11.8. The van der Waals surface area contributed by atoms with Crippen LogP contribution in [0.5, 0.6) is 0 Å². The first kappa shape index (κ1) is 28.2. The molecule has 6 heteroatoms. The van der Waals surface area contributed by atoms with Crippen molar-refractivity contribution >= 4 is 28.5 Å². The largest absolute Gasteiger partial charge is 0.479 e. The van der Waals surface area contributed by atoms with Gasteiger partial charge in [0.15, 0.2) is 6.10 Å². The maximum atomic E-state index is 12.5. The number of ether oxygens (including phenoxy) is 1. The monoisotopic (exact) mass is 518 g/mol. The van der Waals surface area contributed by atoms with Crippen molar-refractivity contribution in [1.82, 2.24) is 9.88 Å². The van der Waals surface area contributed by atoms with Crippen LogP contribution >= 0.6 is 11.6 Å². The summed E-state index contributed by atoms with van der Waals surface area (Å²) in [5.74, 6) is -1.04. The molecule has 0 bridgehead atoms. The number of carboxylic acid groups (broad SMARTS) is 1. The third-order valence-electron chi connectivity index (χ3n) is 5.86. The number of allylic oxidation sites excluding steroid dienone is 4. The second-order valence-corrected chi connectivity index (χ2v) is 10.4. The number of pyridine rings is 1. The Bertz CT molecular complexity index is 1350. The Labute approximate surface area is 224 Å². The van der Waals surface area contributed by atoms with Gasteiger partial charge in [-0.05, 0) is 87.7 Å². The Morgan fingerprint density at radius 3 is 2.46 bits per heavy atom. The van der Waals surface area contributed by atoms with Crippen LogP contribution in [0, 0.1) is 6.92 Å². The Morgan fingerprint density at radius 2 is 1.89 bits per heavy atom. The molecule has 0 aliphatic carbocycles. The molecule has 0 radical (unpaired) electrons. The minimum atomic E-state index is -1.15. The number of hydrogen-bond donors (Lipinski definition) is 1. The zero-order chi connectivity index (χ0) is 27.3. The fourth-order valence-corrected chi connectivity index (χ4v) is 4.47. The summed E-state index contributed by atoms with van der Waals surface area (Å²) >= 11 is 6.18. The standard InChI is InChI=1S/C31H35ClN2O3/c1-8-10-24(11-9-2)34(7)19-23-16-17-25-26(33-23)18-20(3)27(29(30(35)36)37-31(4,5)6)28(25)21-12-14-22(32)15-13-21/h8-18,29H,1,19H2,2-7H3,(H,35,36)/b11-9-,24-10+/t29-/m0/s1. The van der Waals surface area contributed by atoms with Crippen LogP contribution in [0.4, 0.5) is 0 Å². The Hall–Kier alpha value is -3.41. The van der Waals surface area contributed by atoms with E-state index in [0.29, 0.717) is 17.1 Å². The number of nitrogens with zero attached hydrogens (tertiary/aromatic N) is 2. The molecular formula is C31H35ClN2O3. The number of rotatable bonds is 9. The van der Waals surface area contributed by atoms with Crippen LogP contribution in [-0.2, 0) is 16.1 Å². The van der Waals surface area contributed by atoms with Crippen molar-refractivity contribution in [1.29, 1.82) is 0 Å². The van der Waals surface area contributed by atoms with Crippen molar-refractivity contribution in [3.8, 4) is 11.1 Å². The van der Waals surface area contributed by atoms with Crippen LogP contribution in [0.3, 0.4) is 0 Å². The molecule has 3 rings (SSSR count). The minimum Gasteiger partial charge on any atom is -0.479 e. The number of halogens is 1. The summed E-state index contributed by atoms with van der Waals surface area (Å²) in [5, 5.41) is 11.7. The van der Waals surface area contributed by atoms with Gasteiger partial charge in [-0.1, -0.05) is 48.5 Å². The quantitative estimate of drug-likeness (QED) is 0.292. The van der Waals surface area contributed by atoms with Crippen LogP contribution in [-0.4, -0.2) is 33.6 Å². The molecule has 1 aromatic heterocycles. The Balaban J connectivity index is 2.23. The number of aromatic nitrogens is 1. The van der Waals surface area contributed by atoms with Gasteiger partial charge in [-0.15, -0.1) is 0 Å². The summed E-state index contributed by atoms with van der Waals surface area (Å²) in [6.45, 7) is 13.9. The number of hydrogen-bond acceptors (Lipinski definition) is 4. The van der Waals surface area contributed by atoms with Gasteiger partial charge >= 0.3 is 5.97 Å². The molecular weight excluding hydrogens is 484 g/mol. The number of carboxylic acids is 1. The predicted octanol–water partition coefficient (Wildman–Crippen LogP) is 7.88. The number of likely N-dealkylation sites (N-methyl/N-ethyl adjacent to an activating group) is 1. The van der Waals surface area contributed by atoms with Gasteiger partial charge in [-0.25, -0.2) is 4.79 Å². The molecule has 1 N–H and O–H groups in total. The van der Waals surface area contributed by atoms with E-state index < -0.39 is 17.7 Å². The number of aryl methyl sites for hydroxylation is 1. The average molecular weight is 519 g/mol. The van der Waals surface area contributed by atoms with Crippen LogP contribution in [0.15, 0.2) is 79.0 Å². The Kier molecular flexibility index (Phi) is 8.95. The first-order chi connectivity index (χ1) is 17.4. The molecule has 0 unspecified atom stereocenters. The summed E-state index contributed by atoms with van der Waals surface area (Å²) < 4.78 is 6.08. The summed E-state index contributed by atoms with van der Waals surface area (Å²) in [4.78, 5) is 19.5. The van der Waals surface area contributed by atoms with E-state index in [4.69, 9.17) is 21.3 Å². The SMILES string of the molecule is C=C/C=C(\C=C/C)N(C)Cc1ccc2c(-c3ccc(Cl)cc3)c([C@H](OC(C)(C)C)C(=O)O)c(C)cc2n1. The molecule has 0 fully saturated rings. The molecule has 0 saturated heterocycles. The van der Waals surface area contributed by atoms with Crippen LogP contribution in [0.2, 0.25) is 5.02 Å². The summed E-state index contributed by atoms with van der Waals surface area (Å²) in [6.07, 6.45) is 6.59. The molecule has 3 aromatic rings. The fraction of sp³-hybridized carbons (Fsp3) is 0.290. The van der Waals surface area contributed by atoms with Crippen molar-refractivity contribution in [2.24, 2.45) is 0 Å². The van der Waals surface area contributed by atoms with Crippen molar-refractivity contribution in [3.63, 3.8) is 0 Å². The lowest BCUT2D eigenvalue weighted by molar-refractivity contribution is -0.160. The lowest BCUT2D eigenvalue weighted by atomic mass is 9.88. The van der Waals surface area contributed by atoms with E-state index in [-0.39, 0.29) is 0 Å². The van der Waals surface area contributed by atoms with E-state index in [1.807, 2.05) is 90.2 Å². The molecule has 1 heterocycles. The van der Waals surface area contributed by atoms with Crippen molar-refractivity contribution < 1.29 is 14.6 Å². The smallest absolute Gasteiger partial charge is 0.337 e. The highest BCUT2D eigenvalue weighted by Gasteiger charge is 2.31. The molecule has 5 nitrogen and oxygen atoms in total. The third kappa shape index (κ3) is 6.88. The van der Waals surface area contributed by atoms with Gasteiger partial charge in [0, 0.05) is 28.7 Å². The van der Waals surface area contributed by atoms with Crippen molar-refractivity contribution in [3.05, 3.63) is 101 Å². The molecule has 194 valence electrons. The van der Waals surface area contributed by atoms with Gasteiger partial charge in [0.1, 0.15) is 0 Å². The molecule has 2 aromatic carbocycles. The first-order valence-corrected chi connectivity index (χ1v) is 12.6. The third-order valence-corrected chi connectivity index (χ3v) is 6.11. The minimum absolute atomic E-state index is 0.599. The maximum absolute atomic E-state index is 12.5. The summed E-state index contributed by atoms with van der Waals surface area (Å²) in [6, 6.07) is 13.4. The van der Waals surface area contributed by atoms with E-state index in [1.165, 1.54) is 0 Å². The highest BCUT2D eigenvalue weighted by Crippen LogP contribution is 2.40. The number of carbonyl (C=O) groups is 1.